The van der Waals surface area contributed by atoms with E-state index in [0.29, 0.717) is 11.8 Å². The quantitative estimate of drug-likeness (QED) is 0.834. The van der Waals surface area contributed by atoms with Gasteiger partial charge in [-0.05, 0) is 29.5 Å². The summed E-state index contributed by atoms with van der Waals surface area (Å²) < 4.78 is 1.13. The molecule has 2 aliphatic carbocycles. The predicted molar refractivity (Wildman–Crippen MR) is 55.2 cm³/mol. The summed E-state index contributed by atoms with van der Waals surface area (Å²) >= 11 is 3.50. The van der Waals surface area contributed by atoms with Crippen molar-refractivity contribution >= 4 is 21.9 Å². The molecule has 0 heterocycles. The Balaban J connectivity index is 2.03. The summed E-state index contributed by atoms with van der Waals surface area (Å²) in [6.45, 7) is 0. The smallest absolute Gasteiger partial charge is 0.307 e. The monoisotopic (exact) mass is 252 g/mol. The van der Waals surface area contributed by atoms with Crippen molar-refractivity contribution in [2.75, 3.05) is 0 Å². The van der Waals surface area contributed by atoms with Gasteiger partial charge in [0.05, 0.1) is 5.92 Å². The van der Waals surface area contributed by atoms with Gasteiger partial charge in [-0.1, -0.05) is 28.1 Å². The summed E-state index contributed by atoms with van der Waals surface area (Å²) in [7, 11) is 0. The Hall–Kier alpha value is -0.830. The minimum atomic E-state index is -0.634. The fraction of sp³-hybridized carbons (Fsp3) is 0.364. The van der Waals surface area contributed by atoms with E-state index in [1.54, 1.807) is 0 Å². The van der Waals surface area contributed by atoms with Gasteiger partial charge >= 0.3 is 5.97 Å². The first-order valence-electron chi connectivity index (χ1n) is 4.70. The number of halogens is 1. The molecule has 2 aliphatic rings. The highest BCUT2D eigenvalue weighted by Crippen LogP contribution is 2.62. The van der Waals surface area contributed by atoms with Crippen LogP contribution < -0.4 is 0 Å². The second kappa shape index (κ2) is 2.60. The van der Waals surface area contributed by atoms with Crippen LogP contribution in [0.15, 0.2) is 22.7 Å². The zero-order chi connectivity index (χ0) is 9.87. The number of hydrogen-bond acceptors (Lipinski definition) is 1. The molecule has 0 bridgehead atoms. The Kier molecular flexibility index (Phi) is 1.57. The van der Waals surface area contributed by atoms with Gasteiger partial charge in [-0.2, -0.15) is 0 Å². The van der Waals surface area contributed by atoms with Crippen LogP contribution in [-0.2, 0) is 11.2 Å². The second-order valence-corrected chi connectivity index (χ2v) is 4.92. The molecule has 0 spiro atoms. The molecular formula is C11H9BrO2. The number of carboxylic acids is 1. The van der Waals surface area contributed by atoms with E-state index in [1.807, 2.05) is 12.1 Å². The normalized spacial score (nSPS) is 32.2. The van der Waals surface area contributed by atoms with E-state index in [4.69, 9.17) is 5.11 Å². The van der Waals surface area contributed by atoms with Crippen molar-refractivity contribution in [1.29, 1.82) is 0 Å². The lowest BCUT2D eigenvalue weighted by Gasteiger charge is -2.06. The molecule has 1 N–H and O–H groups in total. The van der Waals surface area contributed by atoms with Gasteiger partial charge < -0.3 is 5.11 Å². The van der Waals surface area contributed by atoms with Crippen LogP contribution in [-0.4, -0.2) is 11.1 Å². The summed E-state index contributed by atoms with van der Waals surface area (Å²) in [6.07, 6.45) is 0.929. The fourth-order valence-corrected chi connectivity index (χ4v) is 3.27. The molecule has 0 unspecified atom stereocenters. The molecule has 1 aromatic rings. The van der Waals surface area contributed by atoms with Crippen LogP contribution in [0.1, 0.15) is 17.0 Å². The van der Waals surface area contributed by atoms with Crippen molar-refractivity contribution in [2.45, 2.75) is 12.3 Å². The van der Waals surface area contributed by atoms with Crippen LogP contribution >= 0.6 is 15.9 Å². The summed E-state index contributed by atoms with van der Waals surface area (Å²) in [5, 5.41) is 8.94. The maximum absolute atomic E-state index is 10.9. The standard InChI is InChI=1S/C11H9BrO2/c12-8-3-1-2-5-6(8)4-7-9(5)10(7)11(13)14/h1-3,7,9-10H,4H2,(H,13,14)/t7-,9+,10-/m1/s1. The van der Waals surface area contributed by atoms with Crippen LogP contribution in [0.2, 0.25) is 0 Å². The molecule has 72 valence electrons. The van der Waals surface area contributed by atoms with Crippen molar-refractivity contribution in [3.8, 4) is 0 Å². The molecule has 0 amide bonds. The minimum absolute atomic E-state index is 0.114. The van der Waals surface area contributed by atoms with E-state index in [0.717, 1.165) is 10.9 Å². The second-order valence-electron chi connectivity index (χ2n) is 4.07. The molecular weight excluding hydrogens is 244 g/mol. The van der Waals surface area contributed by atoms with Crippen LogP contribution in [0.4, 0.5) is 0 Å². The maximum Gasteiger partial charge on any atom is 0.307 e. The molecule has 3 rings (SSSR count). The van der Waals surface area contributed by atoms with Gasteiger partial charge in [-0.25, -0.2) is 0 Å². The van der Waals surface area contributed by atoms with Crippen LogP contribution in [0.3, 0.4) is 0 Å². The van der Waals surface area contributed by atoms with Crippen molar-refractivity contribution in [3.63, 3.8) is 0 Å². The highest BCUT2D eigenvalue weighted by molar-refractivity contribution is 9.10. The Bertz CT molecular complexity index is 427. The van der Waals surface area contributed by atoms with Gasteiger partial charge in [-0.15, -0.1) is 0 Å². The number of rotatable bonds is 1. The molecule has 1 saturated carbocycles. The van der Waals surface area contributed by atoms with Crippen LogP contribution in [0.5, 0.6) is 0 Å². The Morgan fingerprint density at radius 2 is 2.29 bits per heavy atom. The highest BCUT2D eigenvalue weighted by atomic mass is 79.9. The molecule has 1 fully saturated rings. The summed E-state index contributed by atoms with van der Waals surface area (Å²) in [4.78, 5) is 10.9. The number of fused-ring (bicyclic) bond motifs is 3. The molecule has 1 aromatic carbocycles. The Labute approximate surface area is 90.1 Å². The zero-order valence-corrected chi connectivity index (χ0v) is 8.99. The third-order valence-electron chi connectivity index (χ3n) is 3.41. The lowest BCUT2D eigenvalue weighted by molar-refractivity contribution is -0.139. The van der Waals surface area contributed by atoms with E-state index in [1.165, 1.54) is 11.1 Å². The fourth-order valence-electron chi connectivity index (χ4n) is 2.73. The molecule has 14 heavy (non-hydrogen) atoms. The van der Waals surface area contributed by atoms with E-state index in [9.17, 15) is 4.79 Å². The van der Waals surface area contributed by atoms with Crippen molar-refractivity contribution in [1.82, 2.24) is 0 Å². The highest BCUT2D eigenvalue weighted by Gasteiger charge is 2.59. The van der Waals surface area contributed by atoms with Crippen LogP contribution in [0.25, 0.3) is 0 Å². The van der Waals surface area contributed by atoms with Gasteiger partial charge in [0, 0.05) is 10.4 Å². The average molecular weight is 253 g/mol. The molecule has 0 radical (unpaired) electrons. The summed E-state index contributed by atoms with van der Waals surface area (Å²) in [6, 6.07) is 6.08. The van der Waals surface area contributed by atoms with E-state index in [2.05, 4.69) is 22.0 Å². The van der Waals surface area contributed by atoms with E-state index in [-0.39, 0.29) is 5.92 Å². The summed E-state index contributed by atoms with van der Waals surface area (Å²) in [5.41, 5.74) is 2.57. The van der Waals surface area contributed by atoms with Gasteiger partial charge in [0.2, 0.25) is 0 Å². The van der Waals surface area contributed by atoms with Crippen molar-refractivity contribution < 1.29 is 9.90 Å². The molecule has 0 saturated heterocycles. The number of aliphatic carboxylic acids is 1. The topological polar surface area (TPSA) is 37.3 Å². The molecule has 3 atom stereocenters. The number of hydrogen-bond donors (Lipinski definition) is 1. The molecule has 3 heteroatoms. The Morgan fingerprint density at radius 3 is 3.00 bits per heavy atom. The third kappa shape index (κ3) is 0.934. The Morgan fingerprint density at radius 1 is 1.50 bits per heavy atom. The van der Waals surface area contributed by atoms with E-state index < -0.39 is 5.97 Å². The number of carboxylic acid groups (broad SMARTS) is 1. The third-order valence-corrected chi connectivity index (χ3v) is 4.15. The maximum atomic E-state index is 10.9. The van der Waals surface area contributed by atoms with Crippen LogP contribution in [0, 0.1) is 11.8 Å². The van der Waals surface area contributed by atoms with Gasteiger partial charge in [0.1, 0.15) is 0 Å². The van der Waals surface area contributed by atoms with E-state index >= 15 is 0 Å². The SMILES string of the molecule is O=C(O)[C@@H]1[C@@H]2Cc3c(Br)cccc3[C@@H]21. The van der Waals surface area contributed by atoms with Gasteiger partial charge in [-0.3, -0.25) is 4.79 Å². The lowest BCUT2D eigenvalue weighted by Crippen LogP contribution is -2.05. The molecule has 0 aliphatic heterocycles. The largest absolute Gasteiger partial charge is 0.481 e. The lowest BCUT2D eigenvalue weighted by atomic mass is 10.0. The van der Waals surface area contributed by atoms with Gasteiger partial charge in [0.15, 0.2) is 0 Å². The molecule has 0 aromatic heterocycles. The number of benzene rings is 1. The van der Waals surface area contributed by atoms with Gasteiger partial charge in [0.25, 0.3) is 0 Å². The van der Waals surface area contributed by atoms with Crippen molar-refractivity contribution in [3.05, 3.63) is 33.8 Å². The summed E-state index contributed by atoms with van der Waals surface area (Å²) in [5.74, 6) is -0.0939. The average Bonchev–Trinajstić information content (AvgIpc) is 2.73. The van der Waals surface area contributed by atoms with Crippen molar-refractivity contribution in [2.24, 2.45) is 11.8 Å². The first kappa shape index (κ1) is 8.48. The first-order chi connectivity index (χ1) is 6.70. The number of carbonyl (C=O) groups is 1. The first-order valence-corrected chi connectivity index (χ1v) is 5.49. The predicted octanol–water partition coefficient (Wildman–Crippen LogP) is 2.42. The zero-order valence-electron chi connectivity index (χ0n) is 7.40. The molecule has 2 nitrogen and oxygen atoms in total. The minimum Gasteiger partial charge on any atom is -0.481 e.